The third kappa shape index (κ3) is 35.1. The lowest BCUT2D eigenvalue weighted by Crippen LogP contribution is -2.26. The van der Waals surface area contributed by atoms with Crippen molar-refractivity contribution >= 4 is 5.97 Å². The second kappa shape index (κ2) is 7.80. The fraction of sp³-hybridized carbons (Fsp3) is 0.700. The van der Waals surface area contributed by atoms with Gasteiger partial charge >= 0.3 is 5.97 Å². The first kappa shape index (κ1) is 14.7. The molecule has 0 unspecified atom stereocenters. The van der Waals surface area contributed by atoms with Gasteiger partial charge in [-0.05, 0) is 27.2 Å². The van der Waals surface area contributed by atoms with Crippen LogP contribution >= 0.6 is 0 Å². The minimum absolute atomic E-state index is 0. The molecule has 0 aromatic heterocycles. The quantitative estimate of drug-likeness (QED) is 0.542. The molecular formula is C10H21NO2. The number of nitrogens with two attached hydrogens (primary N) is 1. The van der Waals surface area contributed by atoms with Gasteiger partial charge in [-0.2, -0.15) is 0 Å². The molecule has 0 spiro atoms. The Kier molecular flexibility index (Phi) is 8.81. The third-order valence-corrected chi connectivity index (χ3v) is 0.615. The Labute approximate surface area is 81.0 Å². The first-order valence-corrected chi connectivity index (χ1v) is 4.39. The van der Waals surface area contributed by atoms with Gasteiger partial charge in [-0.25, -0.2) is 4.79 Å². The first-order valence-electron chi connectivity index (χ1n) is 4.39. The van der Waals surface area contributed by atoms with E-state index in [1.165, 1.54) is 0 Å². The van der Waals surface area contributed by atoms with E-state index in [9.17, 15) is 4.79 Å². The lowest BCUT2D eigenvalue weighted by molar-refractivity contribution is -0.137. The molecule has 0 bridgehead atoms. The predicted octanol–water partition coefficient (Wildman–Crippen LogP) is 1.87. The Bertz CT molecular complexity index is 141. The number of esters is 1. The minimum atomic E-state index is -0.341. The summed E-state index contributed by atoms with van der Waals surface area (Å²) >= 11 is 0. The van der Waals surface area contributed by atoms with Gasteiger partial charge in [0.25, 0.3) is 0 Å². The lowest BCUT2D eigenvalue weighted by Gasteiger charge is -2.06. The molecule has 0 rings (SSSR count). The van der Waals surface area contributed by atoms with Crippen LogP contribution < -0.4 is 5.73 Å². The van der Waals surface area contributed by atoms with Gasteiger partial charge in [0, 0.05) is 11.6 Å². The van der Waals surface area contributed by atoms with Crippen LogP contribution in [0.5, 0.6) is 0 Å². The second-order valence-electron chi connectivity index (χ2n) is 3.74. The van der Waals surface area contributed by atoms with Crippen LogP contribution in [-0.4, -0.2) is 18.1 Å². The summed E-state index contributed by atoms with van der Waals surface area (Å²) in [5.74, 6) is -0.341. The smallest absolute Gasteiger partial charge is 0.330 e. The van der Waals surface area contributed by atoms with Crippen LogP contribution in [0.1, 0.15) is 34.1 Å². The number of carbonyl (C=O) groups excluding carboxylic acids is 1. The fourth-order valence-corrected chi connectivity index (χ4v) is 0.262. The number of carbonyl (C=O) groups is 1. The van der Waals surface area contributed by atoms with Gasteiger partial charge in [-0.15, -0.1) is 0 Å². The zero-order valence-electron chi connectivity index (χ0n) is 9.09. The molecule has 3 heteroatoms. The van der Waals surface area contributed by atoms with Gasteiger partial charge in [0.15, 0.2) is 0 Å². The van der Waals surface area contributed by atoms with Gasteiger partial charge in [-0.1, -0.05) is 13.5 Å². The van der Waals surface area contributed by atoms with Gasteiger partial charge in [0.2, 0.25) is 0 Å². The first-order chi connectivity index (χ1) is 5.81. The Morgan fingerprint density at radius 1 is 1.54 bits per heavy atom. The molecule has 2 N–H and O–H groups in total. The molecular weight excluding hydrogens is 166 g/mol. The van der Waals surface area contributed by atoms with Crippen molar-refractivity contribution in [2.75, 3.05) is 6.61 Å². The van der Waals surface area contributed by atoms with Gasteiger partial charge < -0.3 is 10.5 Å². The maximum Gasteiger partial charge on any atom is 0.330 e. The van der Waals surface area contributed by atoms with E-state index in [2.05, 4.69) is 11.3 Å². The molecule has 0 amide bonds. The minimum Gasteiger partial charge on any atom is -0.463 e. The molecule has 0 aliphatic rings. The van der Waals surface area contributed by atoms with Gasteiger partial charge in [-0.3, -0.25) is 0 Å². The van der Waals surface area contributed by atoms with E-state index < -0.39 is 0 Å². The Hall–Kier alpha value is -0.830. The molecule has 0 fully saturated rings. The summed E-state index contributed by atoms with van der Waals surface area (Å²) in [5, 5.41) is 0. The van der Waals surface area contributed by atoms with Crippen molar-refractivity contribution in [3.05, 3.63) is 12.7 Å². The van der Waals surface area contributed by atoms with Crippen molar-refractivity contribution in [2.24, 2.45) is 5.73 Å². The molecule has 0 aromatic rings. The van der Waals surface area contributed by atoms with Crippen LogP contribution in [0.4, 0.5) is 0 Å². The standard InChI is InChI=1S/C6H10O2.C4H11N/c1-3-5-8-6(7)4-2;1-4(2,3)5/h4H,2-3,5H2,1H3;5H2,1-3H3. The van der Waals surface area contributed by atoms with Crippen LogP contribution in [-0.2, 0) is 9.53 Å². The molecule has 0 atom stereocenters. The normalized spacial score (nSPS) is 9.62. The molecule has 13 heavy (non-hydrogen) atoms. The molecule has 3 nitrogen and oxygen atoms in total. The zero-order valence-corrected chi connectivity index (χ0v) is 9.09. The van der Waals surface area contributed by atoms with Crippen LogP contribution in [0, 0.1) is 0 Å². The summed E-state index contributed by atoms with van der Waals surface area (Å²) in [4.78, 5) is 10.2. The molecule has 78 valence electrons. The van der Waals surface area contributed by atoms with E-state index in [1.807, 2.05) is 27.7 Å². The summed E-state index contributed by atoms with van der Waals surface area (Å²) in [6, 6.07) is 0. The van der Waals surface area contributed by atoms with Crippen LogP contribution in [0.2, 0.25) is 0 Å². The van der Waals surface area contributed by atoms with E-state index in [0.29, 0.717) is 6.61 Å². The zero-order chi connectivity index (χ0) is 10.9. The molecule has 0 aliphatic heterocycles. The monoisotopic (exact) mass is 187 g/mol. The molecule has 0 aromatic carbocycles. The van der Waals surface area contributed by atoms with Crippen LogP contribution in [0.3, 0.4) is 0 Å². The molecule has 0 heterocycles. The second-order valence-corrected chi connectivity index (χ2v) is 3.74. The summed E-state index contributed by atoms with van der Waals surface area (Å²) in [6.45, 7) is 11.6. The van der Waals surface area contributed by atoms with Crippen molar-refractivity contribution in [1.29, 1.82) is 0 Å². The molecule has 0 aliphatic carbocycles. The highest BCUT2D eigenvalue weighted by molar-refractivity contribution is 5.81. The van der Waals surface area contributed by atoms with Crippen LogP contribution in [0.25, 0.3) is 0 Å². The van der Waals surface area contributed by atoms with Crippen molar-refractivity contribution in [3.8, 4) is 0 Å². The average Bonchev–Trinajstić information content (AvgIpc) is 1.97. The Morgan fingerprint density at radius 2 is 1.92 bits per heavy atom. The molecule has 0 saturated carbocycles. The Morgan fingerprint density at radius 3 is 2.15 bits per heavy atom. The number of rotatable bonds is 3. The van der Waals surface area contributed by atoms with E-state index in [-0.39, 0.29) is 11.5 Å². The van der Waals surface area contributed by atoms with Crippen LogP contribution in [0.15, 0.2) is 12.7 Å². The van der Waals surface area contributed by atoms with E-state index in [1.54, 1.807) is 0 Å². The highest BCUT2D eigenvalue weighted by Gasteiger charge is 1.95. The van der Waals surface area contributed by atoms with Gasteiger partial charge in [0.05, 0.1) is 6.61 Å². The number of hydrogen-bond donors (Lipinski definition) is 1. The van der Waals surface area contributed by atoms with Crippen molar-refractivity contribution < 1.29 is 9.53 Å². The van der Waals surface area contributed by atoms with Gasteiger partial charge in [0.1, 0.15) is 0 Å². The summed E-state index contributed by atoms with van der Waals surface area (Å²) in [6.07, 6.45) is 2.02. The number of ether oxygens (including phenoxy) is 1. The molecule has 0 radical (unpaired) electrons. The highest BCUT2D eigenvalue weighted by Crippen LogP contribution is 1.88. The topological polar surface area (TPSA) is 52.3 Å². The van der Waals surface area contributed by atoms with Crippen molar-refractivity contribution in [2.45, 2.75) is 39.7 Å². The Balaban J connectivity index is 0. The van der Waals surface area contributed by atoms with E-state index in [4.69, 9.17) is 5.73 Å². The predicted molar refractivity (Wildman–Crippen MR) is 55.4 cm³/mol. The van der Waals surface area contributed by atoms with E-state index >= 15 is 0 Å². The van der Waals surface area contributed by atoms with E-state index in [0.717, 1.165) is 12.5 Å². The summed E-state index contributed by atoms with van der Waals surface area (Å²) in [5.41, 5.74) is 5.35. The SMILES string of the molecule is C=CC(=O)OCCC.CC(C)(C)N. The summed E-state index contributed by atoms with van der Waals surface area (Å²) < 4.78 is 4.58. The largest absolute Gasteiger partial charge is 0.463 e. The van der Waals surface area contributed by atoms with Crippen molar-refractivity contribution in [1.82, 2.24) is 0 Å². The third-order valence-electron chi connectivity index (χ3n) is 0.615. The highest BCUT2D eigenvalue weighted by atomic mass is 16.5. The number of hydrogen-bond acceptors (Lipinski definition) is 3. The fourth-order valence-electron chi connectivity index (χ4n) is 0.262. The van der Waals surface area contributed by atoms with Crippen molar-refractivity contribution in [3.63, 3.8) is 0 Å². The lowest BCUT2D eigenvalue weighted by atomic mass is 10.1. The molecule has 0 saturated heterocycles. The summed E-state index contributed by atoms with van der Waals surface area (Å²) in [7, 11) is 0. The maximum atomic E-state index is 10.2. The average molecular weight is 187 g/mol. The maximum absolute atomic E-state index is 10.2.